The maximum Gasteiger partial charge on any atom is 0.282 e. The Morgan fingerprint density at radius 1 is 1.30 bits per heavy atom. The van der Waals surface area contributed by atoms with Crippen LogP contribution >= 0.6 is 11.3 Å². The fourth-order valence-corrected chi connectivity index (χ4v) is 3.60. The summed E-state index contributed by atoms with van der Waals surface area (Å²) in [6.07, 6.45) is 0. The summed E-state index contributed by atoms with van der Waals surface area (Å²) in [5.74, 6) is -0.880. The second kappa shape index (κ2) is 7.77. The molecule has 140 valence electrons. The number of anilines is 1. The van der Waals surface area contributed by atoms with E-state index in [4.69, 9.17) is 0 Å². The van der Waals surface area contributed by atoms with Gasteiger partial charge in [-0.25, -0.2) is 9.37 Å². The number of quaternary nitrogens is 1. The van der Waals surface area contributed by atoms with Crippen LogP contribution in [-0.2, 0) is 0 Å². The molecule has 3 rings (SSSR count). The number of hydrogen-bond acceptors (Lipinski definition) is 5. The SMILES string of the molecule is C[NH+](C)CCN(C(=O)c1ccccc1[N+](=O)[O-])c1nc2ccc(F)cc2s1. The Balaban J connectivity index is 2.04. The number of aromatic nitrogens is 1. The molecule has 1 N–H and O–H groups in total. The third-order valence-electron chi connectivity index (χ3n) is 3.98. The predicted molar refractivity (Wildman–Crippen MR) is 102 cm³/mol. The largest absolute Gasteiger partial charge is 0.338 e. The smallest absolute Gasteiger partial charge is 0.282 e. The van der Waals surface area contributed by atoms with E-state index in [0.29, 0.717) is 28.4 Å². The molecule has 7 nitrogen and oxygen atoms in total. The lowest BCUT2D eigenvalue weighted by Crippen LogP contribution is -3.06. The summed E-state index contributed by atoms with van der Waals surface area (Å²) in [6, 6.07) is 10.1. The highest BCUT2D eigenvalue weighted by molar-refractivity contribution is 7.22. The van der Waals surface area contributed by atoms with Gasteiger partial charge in [0.1, 0.15) is 11.4 Å². The first-order valence-corrected chi connectivity index (χ1v) is 9.09. The lowest BCUT2D eigenvalue weighted by atomic mass is 10.1. The van der Waals surface area contributed by atoms with Crippen LogP contribution in [0.4, 0.5) is 15.2 Å². The van der Waals surface area contributed by atoms with Crippen molar-refractivity contribution in [3.05, 3.63) is 64.0 Å². The number of likely N-dealkylation sites (N-methyl/N-ethyl adjacent to an activating group) is 1. The van der Waals surface area contributed by atoms with E-state index in [-0.39, 0.29) is 17.1 Å². The number of carbonyl (C=O) groups excluding carboxylic acids is 1. The van der Waals surface area contributed by atoms with E-state index in [1.54, 1.807) is 12.1 Å². The fourth-order valence-electron chi connectivity index (χ4n) is 2.58. The normalized spacial score (nSPS) is 11.1. The monoisotopic (exact) mass is 389 g/mol. The van der Waals surface area contributed by atoms with E-state index in [1.807, 2.05) is 14.1 Å². The molecule has 1 amide bonds. The number of amides is 1. The standard InChI is InChI=1S/C18H17FN4O3S/c1-21(2)9-10-22(17(24)13-5-3-4-6-15(13)23(25)26)18-20-14-8-7-12(19)11-16(14)27-18/h3-8,11H,9-10H2,1-2H3/p+1. The molecule has 0 spiro atoms. The molecule has 0 bridgehead atoms. The molecule has 2 aromatic carbocycles. The minimum absolute atomic E-state index is 0.00157. The summed E-state index contributed by atoms with van der Waals surface area (Å²) in [6.45, 7) is 0.951. The lowest BCUT2D eigenvalue weighted by Gasteiger charge is -2.20. The van der Waals surface area contributed by atoms with Gasteiger partial charge in [-0.05, 0) is 24.3 Å². The Morgan fingerprint density at radius 2 is 2.04 bits per heavy atom. The summed E-state index contributed by atoms with van der Waals surface area (Å²) >= 11 is 1.18. The highest BCUT2D eigenvalue weighted by Crippen LogP contribution is 2.31. The van der Waals surface area contributed by atoms with Crippen LogP contribution in [0.25, 0.3) is 10.2 Å². The first-order chi connectivity index (χ1) is 12.9. The van der Waals surface area contributed by atoms with Crippen molar-refractivity contribution in [2.24, 2.45) is 0 Å². The number of thiazole rings is 1. The Bertz CT molecular complexity index is 1010. The zero-order valence-electron chi connectivity index (χ0n) is 14.8. The van der Waals surface area contributed by atoms with Crippen LogP contribution in [-0.4, -0.2) is 43.0 Å². The molecule has 0 aliphatic carbocycles. The highest BCUT2D eigenvalue weighted by Gasteiger charge is 2.27. The van der Waals surface area contributed by atoms with Gasteiger partial charge in [-0.15, -0.1) is 0 Å². The second-order valence-electron chi connectivity index (χ2n) is 6.30. The van der Waals surface area contributed by atoms with E-state index >= 15 is 0 Å². The van der Waals surface area contributed by atoms with Crippen molar-refractivity contribution in [3.63, 3.8) is 0 Å². The van der Waals surface area contributed by atoms with Crippen LogP contribution in [0, 0.1) is 15.9 Å². The summed E-state index contributed by atoms with van der Waals surface area (Å²) < 4.78 is 14.1. The highest BCUT2D eigenvalue weighted by atomic mass is 32.1. The number of benzene rings is 2. The van der Waals surface area contributed by atoms with E-state index in [1.165, 1.54) is 46.6 Å². The zero-order chi connectivity index (χ0) is 19.6. The number of nitrogens with zero attached hydrogens (tertiary/aromatic N) is 3. The number of nitrogens with one attached hydrogen (secondary N) is 1. The number of fused-ring (bicyclic) bond motifs is 1. The minimum atomic E-state index is -0.573. The average molecular weight is 389 g/mol. The Kier molecular flexibility index (Phi) is 5.43. The Hall–Kier alpha value is -2.91. The predicted octanol–water partition coefficient (Wildman–Crippen LogP) is 2.13. The van der Waals surface area contributed by atoms with Gasteiger partial charge in [0.15, 0.2) is 5.13 Å². The second-order valence-corrected chi connectivity index (χ2v) is 7.31. The minimum Gasteiger partial charge on any atom is -0.338 e. The molecule has 1 heterocycles. The van der Waals surface area contributed by atoms with Gasteiger partial charge in [-0.3, -0.25) is 19.8 Å². The molecule has 0 aliphatic rings. The van der Waals surface area contributed by atoms with Crippen molar-refractivity contribution >= 4 is 38.3 Å². The molecular formula is C18H18FN4O3S+. The maximum atomic E-state index is 13.5. The van der Waals surface area contributed by atoms with Gasteiger partial charge in [0.25, 0.3) is 11.6 Å². The molecule has 1 aromatic heterocycles. The van der Waals surface area contributed by atoms with Crippen LogP contribution in [0.15, 0.2) is 42.5 Å². The molecular weight excluding hydrogens is 371 g/mol. The first kappa shape index (κ1) is 18.9. The van der Waals surface area contributed by atoms with Gasteiger partial charge >= 0.3 is 0 Å². The zero-order valence-corrected chi connectivity index (χ0v) is 15.6. The number of para-hydroxylation sites is 1. The van der Waals surface area contributed by atoms with Crippen molar-refractivity contribution < 1.29 is 19.0 Å². The number of rotatable bonds is 6. The van der Waals surface area contributed by atoms with Crippen LogP contribution in [0.3, 0.4) is 0 Å². The van der Waals surface area contributed by atoms with Crippen molar-refractivity contribution in [2.45, 2.75) is 0 Å². The van der Waals surface area contributed by atoms with Gasteiger partial charge < -0.3 is 4.90 Å². The van der Waals surface area contributed by atoms with Gasteiger partial charge in [0.2, 0.25) is 0 Å². The quantitative estimate of drug-likeness (QED) is 0.517. The number of hydrogen-bond donors (Lipinski definition) is 1. The number of halogens is 1. The summed E-state index contributed by atoms with van der Waals surface area (Å²) in [4.78, 5) is 30.8. The van der Waals surface area contributed by atoms with E-state index in [9.17, 15) is 19.3 Å². The third kappa shape index (κ3) is 4.09. The van der Waals surface area contributed by atoms with Gasteiger partial charge in [0, 0.05) is 6.07 Å². The van der Waals surface area contributed by atoms with Crippen molar-refractivity contribution in [1.29, 1.82) is 0 Å². The molecule has 9 heteroatoms. The summed E-state index contributed by atoms with van der Waals surface area (Å²) in [5, 5.41) is 11.7. The molecule has 0 fully saturated rings. The van der Waals surface area contributed by atoms with Gasteiger partial charge in [-0.1, -0.05) is 23.5 Å². The lowest BCUT2D eigenvalue weighted by molar-refractivity contribution is -0.856. The number of nitro groups is 1. The van der Waals surface area contributed by atoms with Gasteiger partial charge in [0.05, 0.1) is 42.3 Å². The fraction of sp³-hybridized carbons (Fsp3) is 0.222. The van der Waals surface area contributed by atoms with E-state index in [2.05, 4.69) is 4.98 Å². The van der Waals surface area contributed by atoms with Crippen LogP contribution in [0.2, 0.25) is 0 Å². The van der Waals surface area contributed by atoms with Crippen molar-refractivity contribution in [2.75, 3.05) is 32.1 Å². The molecule has 3 aromatic rings. The molecule has 0 aliphatic heterocycles. The van der Waals surface area contributed by atoms with Crippen LogP contribution in [0.5, 0.6) is 0 Å². The van der Waals surface area contributed by atoms with Crippen LogP contribution in [0.1, 0.15) is 10.4 Å². The van der Waals surface area contributed by atoms with E-state index in [0.717, 1.165) is 4.90 Å². The summed E-state index contributed by atoms with van der Waals surface area (Å²) in [7, 11) is 3.89. The third-order valence-corrected chi connectivity index (χ3v) is 5.02. The van der Waals surface area contributed by atoms with E-state index < -0.39 is 10.8 Å². The molecule has 0 saturated carbocycles. The first-order valence-electron chi connectivity index (χ1n) is 8.27. The van der Waals surface area contributed by atoms with Crippen LogP contribution < -0.4 is 9.80 Å². The molecule has 0 saturated heterocycles. The summed E-state index contributed by atoms with van der Waals surface area (Å²) in [5.41, 5.74) is 0.326. The molecule has 27 heavy (non-hydrogen) atoms. The maximum absolute atomic E-state index is 13.5. The molecule has 0 unspecified atom stereocenters. The Labute approximate surface area is 158 Å². The molecule has 0 atom stereocenters. The Morgan fingerprint density at radius 3 is 2.74 bits per heavy atom. The molecule has 0 radical (unpaired) electrons. The number of nitro benzene ring substituents is 1. The topological polar surface area (TPSA) is 80.8 Å². The van der Waals surface area contributed by atoms with Gasteiger partial charge in [-0.2, -0.15) is 0 Å². The number of carbonyl (C=O) groups is 1. The van der Waals surface area contributed by atoms with Crippen molar-refractivity contribution in [3.8, 4) is 0 Å². The average Bonchev–Trinajstić information content (AvgIpc) is 3.04. The van der Waals surface area contributed by atoms with Crippen molar-refractivity contribution in [1.82, 2.24) is 4.98 Å².